The first-order valence-electron chi connectivity index (χ1n) is 7.44. The average Bonchev–Trinajstić information content (AvgIpc) is 2.79. The molecule has 0 aromatic heterocycles. The van der Waals surface area contributed by atoms with Crippen molar-refractivity contribution in [3.05, 3.63) is 35.9 Å². The van der Waals surface area contributed by atoms with E-state index in [0.717, 1.165) is 19.3 Å². The van der Waals surface area contributed by atoms with Crippen LogP contribution < -0.4 is 10.4 Å². The molecule has 6 nitrogen and oxygen atoms in total. The second-order valence-electron chi connectivity index (χ2n) is 5.70. The summed E-state index contributed by atoms with van der Waals surface area (Å²) in [5.74, 6) is -1.34. The molecule has 1 aromatic rings. The highest BCUT2D eigenvalue weighted by Gasteiger charge is 2.46. The third-order valence-electron chi connectivity index (χ3n) is 4.09. The number of ether oxygens (including phenoxy) is 1. The van der Waals surface area contributed by atoms with E-state index in [2.05, 4.69) is 5.32 Å². The topological polar surface area (TPSA) is 103 Å². The molecule has 0 amide bonds. The molecule has 120 valence electrons. The van der Waals surface area contributed by atoms with E-state index >= 15 is 0 Å². The predicted octanol–water partition coefficient (Wildman–Crippen LogP) is -1.17. The summed E-state index contributed by atoms with van der Waals surface area (Å²) in [4.78, 5) is 20.9. The number of benzene rings is 1. The highest BCUT2D eigenvalue weighted by Crippen LogP contribution is 2.23. The molecule has 2 bridgehead atoms. The maximum absolute atomic E-state index is 10.8. The van der Waals surface area contributed by atoms with Gasteiger partial charge >= 0.3 is 5.97 Å². The first-order chi connectivity index (χ1) is 10.5. The number of carbonyl (C=O) groups excluding carboxylic acids is 2. The van der Waals surface area contributed by atoms with Crippen molar-refractivity contribution in [1.82, 2.24) is 0 Å². The fourth-order valence-electron chi connectivity index (χ4n) is 3.05. The Hall–Kier alpha value is -1.92. The summed E-state index contributed by atoms with van der Waals surface area (Å²) in [5, 5.41) is 21.8. The Morgan fingerprint density at radius 1 is 1.23 bits per heavy atom. The van der Waals surface area contributed by atoms with E-state index in [4.69, 9.17) is 4.74 Å². The van der Waals surface area contributed by atoms with E-state index < -0.39 is 5.97 Å². The normalized spacial score (nSPS) is 29.2. The van der Waals surface area contributed by atoms with Crippen molar-refractivity contribution < 1.29 is 29.9 Å². The number of rotatable bonds is 2. The molecule has 2 saturated heterocycles. The van der Waals surface area contributed by atoms with Crippen LogP contribution in [0.15, 0.2) is 30.3 Å². The number of aliphatic hydroxyl groups excluding tert-OH is 1. The summed E-state index contributed by atoms with van der Waals surface area (Å²) in [7, 11) is 0. The smallest absolute Gasteiger partial charge is 0.303 e. The van der Waals surface area contributed by atoms with Gasteiger partial charge in [-0.25, -0.2) is 0 Å². The van der Waals surface area contributed by atoms with Gasteiger partial charge in [0.1, 0.15) is 18.2 Å². The van der Waals surface area contributed by atoms with Crippen molar-refractivity contribution in [3.8, 4) is 0 Å². The van der Waals surface area contributed by atoms with Gasteiger partial charge in [-0.1, -0.05) is 30.3 Å². The van der Waals surface area contributed by atoms with Gasteiger partial charge in [0.05, 0.1) is 5.97 Å². The molecule has 0 unspecified atom stereocenters. The van der Waals surface area contributed by atoms with Crippen LogP contribution in [0.4, 0.5) is 0 Å². The van der Waals surface area contributed by atoms with Crippen LogP contribution in [0.3, 0.4) is 0 Å². The maximum Gasteiger partial charge on any atom is 0.303 e. The molecule has 0 radical (unpaired) electrons. The van der Waals surface area contributed by atoms with E-state index in [1.807, 2.05) is 0 Å². The Bertz CT molecular complexity index is 517. The molecule has 1 aromatic carbocycles. The molecular weight excluding hydrogens is 286 g/mol. The second kappa shape index (κ2) is 7.38. The van der Waals surface area contributed by atoms with Crippen molar-refractivity contribution in [1.29, 1.82) is 0 Å². The summed E-state index contributed by atoms with van der Waals surface area (Å²) in [6.45, 7) is 1.44. The van der Waals surface area contributed by atoms with Crippen LogP contribution in [-0.2, 0) is 9.53 Å². The van der Waals surface area contributed by atoms with Crippen molar-refractivity contribution in [3.63, 3.8) is 0 Å². The lowest BCUT2D eigenvalue weighted by molar-refractivity contribution is -0.719. The summed E-state index contributed by atoms with van der Waals surface area (Å²) in [6, 6.07) is 8.70. The minimum atomic E-state index is -1.13. The van der Waals surface area contributed by atoms with Crippen LogP contribution in [0.1, 0.15) is 36.5 Å². The zero-order valence-electron chi connectivity index (χ0n) is 12.5. The van der Waals surface area contributed by atoms with Gasteiger partial charge in [-0.2, -0.15) is 0 Å². The molecule has 22 heavy (non-hydrogen) atoms. The SMILES string of the molecule is CC(=O)O[C@@H]1CC[C@H]2[NH2+][C@@H]1C[C@H]2O.O=C([O-])c1ccccc1. The number of fused-ring (bicyclic) bond motifs is 2. The van der Waals surface area contributed by atoms with Crippen LogP contribution in [0.5, 0.6) is 0 Å². The fraction of sp³-hybridized carbons (Fsp3) is 0.500. The number of aromatic carboxylic acids is 1. The molecule has 4 atom stereocenters. The number of hydrogen-bond donors (Lipinski definition) is 2. The monoisotopic (exact) mass is 307 g/mol. The Kier molecular flexibility index (Phi) is 5.51. The first kappa shape index (κ1) is 16.5. The van der Waals surface area contributed by atoms with E-state index in [1.54, 1.807) is 18.2 Å². The maximum atomic E-state index is 10.8. The third kappa shape index (κ3) is 4.29. The Morgan fingerprint density at radius 2 is 1.91 bits per heavy atom. The Labute approximate surface area is 129 Å². The number of nitrogens with two attached hydrogens (primary N) is 1. The second-order valence-corrected chi connectivity index (χ2v) is 5.70. The predicted molar refractivity (Wildman–Crippen MR) is 75.7 cm³/mol. The molecule has 2 aliphatic rings. The summed E-state index contributed by atoms with van der Waals surface area (Å²) in [6.07, 6.45) is 2.44. The number of carboxylic acid groups (broad SMARTS) is 1. The van der Waals surface area contributed by atoms with E-state index in [1.165, 1.54) is 19.1 Å². The lowest BCUT2D eigenvalue weighted by atomic mass is 10.0. The van der Waals surface area contributed by atoms with Crippen LogP contribution in [0.2, 0.25) is 0 Å². The van der Waals surface area contributed by atoms with E-state index in [-0.39, 0.29) is 29.8 Å². The molecule has 3 rings (SSSR count). The van der Waals surface area contributed by atoms with Crippen LogP contribution in [0.25, 0.3) is 0 Å². The minimum Gasteiger partial charge on any atom is -0.545 e. The average molecular weight is 307 g/mol. The van der Waals surface area contributed by atoms with Gasteiger partial charge in [0.25, 0.3) is 0 Å². The number of esters is 1. The number of carboxylic acids is 1. The van der Waals surface area contributed by atoms with E-state index in [9.17, 15) is 19.8 Å². The largest absolute Gasteiger partial charge is 0.545 e. The molecule has 3 N–H and O–H groups in total. The van der Waals surface area contributed by atoms with Crippen molar-refractivity contribution in [2.45, 2.75) is 50.5 Å². The van der Waals surface area contributed by atoms with Gasteiger partial charge in [-0.05, 0) is 12.0 Å². The van der Waals surface area contributed by atoms with Gasteiger partial charge in [-0.15, -0.1) is 0 Å². The van der Waals surface area contributed by atoms with Gasteiger partial charge in [-0.3, -0.25) is 4.79 Å². The number of hydrogen-bond acceptors (Lipinski definition) is 5. The number of quaternary nitrogens is 1. The van der Waals surface area contributed by atoms with E-state index in [0.29, 0.717) is 6.04 Å². The number of aliphatic hydroxyl groups is 1. The quantitative estimate of drug-likeness (QED) is 0.670. The van der Waals surface area contributed by atoms with Crippen molar-refractivity contribution >= 4 is 11.9 Å². The lowest BCUT2D eigenvalue weighted by Gasteiger charge is -2.26. The third-order valence-corrected chi connectivity index (χ3v) is 4.09. The summed E-state index contributed by atoms with van der Waals surface area (Å²) >= 11 is 0. The summed E-state index contributed by atoms with van der Waals surface area (Å²) < 4.78 is 5.19. The fourth-order valence-corrected chi connectivity index (χ4v) is 3.05. The van der Waals surface area contributed by atoms with Crippen molar-refractivity contribution in [2.24, 2.45) is 0 Å². The first-order valence-corrected chi connectivity index (χ1v) is 7.44. The number of piperidine rings is 1. The van der Waals surface area contributed by atoms with Gasteiger partial charge in [0, 0.05) is 19.8 Å². The van der Waals surface area contributed by atoms with Crippen LogP contribution >= 0.6 is 0 Å². The molecule has 0 saturated carbocycles. The molecule has 2 fully saturated rings. The van der Waals surface area contributed by atoms with Gasteiger partial charge < -0.3 is 25.1 Å². The zero-order valence-corrected chi connectivity index (χ0v) is 12.5. The summed E-state index contributed by atoms with van der Waals surface area (Å²) in [5.41, 5.74) is 0.220. The standard InChI is InChI=1S/C9H15NO3.C7H6O2/c1-5(11)13-9-3-2-6-8(12)4-7(9)10-6;8-7(9)6-4-2-1-3-5-6/h6-10,12H,2-4H2,1H3;1-5H,(H,8,9)/t6-,7-,8-,9-;/m1./s1. The molecule has 2 aliphatic heterocycles. The van der Waals surface area contributed by atoms with Crippen LogP contribution in [-0.4, -0.2) is 41.3 Å². The highest BCUT2D eigenvalue weighted by molar-refractivity contribution is 5.85. The number of carbonyl (C=O) groups is 2. The molecule has 0 aliphatic carbocycles. The molecular formula is C16H21NO5. The lowest BCUT2D eigenvalue weighted by Crippen LogP contribution is -2.96. The molecule has 0 spiro atoms. The molecule has 6 heteroatoms. The van der Waals surface area contributed by atoms with Gasteiger partial charge in [0.2, 0.25) is 0 Å². The van der Waals surface area contributed by atoms with Crippen molar-refractivity contribution in [2.75, 3.05) is 0 Å². The Balaban J connectivity index is 0.000000172. The highest BCUT2D eigenvalue weighted by atomic mass is 16.5. The molecule has 2 heterocycles. The zero-order chi connectivity index (χ0) is 16.1. The Morgan fingerprint density at radius 3 is 2.45 bits per heavy atom. The minimum absolute atomic E-state index is 0.0194. The van der Waals surface area contributed by atoms with Gasteiger partial charge in [0.15, 0.2) is 6.10 Å². The van der Waals surface area contributed by atoms with Crippen LogP contribution in [0, 0.1) is 0 Å².